The van der Waals surface area contributed by atoms with E-state index in [2.05, 4.69) is 15.9 Å². The number of hydrogen-bond acceptors (Lipinski definition) is 3. The molecule has 0 unspecified atom stereocenters. The highest BCUT2D eigenvalue weighted by Gasteiger charge is 2.24. The zero-order chi connectivity index (χ0) is 16.1. The molecule has 1 aromatic carbocycles. The summed E-state index contributed by atoms with van der Waals surface area (Å²) < 4.78 is 6.30. The number of nitrogens with zero attached hydrogens (tertiary/aromatic N) is 1. The summed E-state index contributed by atoms with van der Waals surface area (Å²) in [5, 5.41) is 9.23. The molecule has 1 heterocycles. The summed E-state index contributed by atoms with van der Waals surface area (Å²) in [7, 11) is 0. The van der Waals surface area contributed by atoms with Crippen molar-refractivity contribution in [2.45, 2.75) is 19.3 Å². The molecule has 1 amide bonds. The van der Waals surface area contributed by atoms with Gasteiger partial charge < -0.3 is 14.7 Å². The number of carbonyl (C=O) groups is 2. The van der Waals surface area contributed by atoms with Crippen LogP contribution in [0.5, 0.6) is 5.75 Å². The van der Waals surface area contributed by atoms with Crippen molar-refractivity contribution in [3.8, 4) is 5.75 Å². The highest BCUT2D eigenvalue weighted by molar-refractivity contribution is 9.10. The molecule has 1 aliphatic rings. The maximum absolute atomic E-state index is 12.1. The molecule has 2 rings (SSSR count). The number of likely N-dealkylation sites (tertiary alicyclic amines) is 1. The van der Waals surface area contributed by atoms with E-state index in [1.807, 2.05) is 0 Å². The Kier molecular flexibility index (Phi) is 6.08. The Balaban J connectivity index is 1.80. The van der Waals surface area contributed by atoms with Gasteiger partial charge in [-0.3, -0.25) is 9.59 Å². The number of aliphatic carboxylic acids is 1. The second kappa shape index (κ2) is 7.83. The molecule has 5 nitrogen and oxygen atoms in total. The number of amides is 1. The third-order valence-electron chi connectivity index (χ3n) is 3.68. The predicted octanol–water partition coefficient (Wildman–Crippen LogP) is 3.19. The zero-order valence-electron chi connectivity index (χ0n) is 11.9. The first-order valence-corrected chi connectivity index (χ1v) is 8.20. The number of benzene rings is 1. The van der Waals surface area contributed by atoms with E-state index in [0.29, 0.717) is 23.9 Å². The molecule has 0 saturated carbocycles. The van der Waals surface area contributed by atoms with Crippen LogP contribution in [-0.4, -0.2) is 41.6 Å². The average Bonchev–Trinajstić information content (AvgIpc) is 2.46. The van der Waals surface area contributed by atoms with Crippen molar-refractivity contribution < 1.29 is 19.4 Å². The Morgan fingerprint density at radius 1 is 1.36 bits per heavy atom. The second-order valence-electron chi connectivity index (χ2n) is 5.29. The van der Waals surface area contributed by atoms with E-state index in [-0.39, 0.29) is 24.9 Å². The molecule has 1 N–H and O–H groups in total. The van der Waals surface area contributed by atoms with Crippen molar-refractivity contribution in [1.82, 2.24) is 4.90 Å². The molecule has 1 fully saturated rings. The molecule has 1 saturated heterocycles. The number of ether oxygens (including phenoxy) is 1. The van der Waals surface area contributed by atoms with Crippen LogP contribution in [0.1, 0.15) is 19.3 Å². The molecule has 0 aromatic heterocycles. The molecule has 0 atom stereocenters. The molecular weight excluding hydrogens is 374 g/mol. The molecule has 120 valence electrons. The fourth-order valence-corrected chi connectivity index (χ4v) is 3.18. The molecule has 0 spiro atoms. The number of carboxylic acid groups (broad SMARTS) is 1. The minimum Gasteiger partial charge on any atom is -0.482 e. The van der Waals surface area contributed by atoms with Crippen molar-refractivity contribution in [3.05, 3.63) is 27.7 Å². The Morgan fingerprint density at radius 3 is 2.64 bits per heavy atom. The van der Waals surface area contributed by atoms with Crippen LogP contribution in [0.3, 0.4) is 0 Å². The average molecular weight is 391 g/mol. The Hall–Kier alpha value is -1.27. The monoisotopic (exact) mass is 389 g/mol. The van der Waals surface area contributed by atoms with Gasteiger partial charge >= 0.3 is 5.97 Å². The van der Waals surface area contributed by atoms with Crippen molar-refractivity contribution in [2.24, 2.45) is 5.92 Å². The van der Waals surface area contributed by atoms with Gasteiger partial charge in [-0.2, -0.15) is 0 Å². The van der Waals surface area contributed by atoms with Crippen LogP contribution < -0.4 is 4.74 Å². The Labute approximate surface area is 142 Å². The first kappa shape index (κ1) is 17.1. The first-order chi connectivity index (χ1) is 10.5. The lowest BCUT2D eigenvalue weighted by molar-refractivity contribution is -0.139. The van der Waals surface area contributed by atoms with Gasteiger partial charge in [-0.1, -0.05) is 27.5 Å². The molecule has 1 aliphatic heterocycles. The maximum atomic E-state index is 12.1. The van der Waals surface area contributed by atoms with E-state index >= 15 is 0 Å². The standard InChI is InChI=1S/C15H17BrClNO4/c16-11-1-2-13(12(17)8-11)22-9-14(19)18-5-3-10(4-6-18)7-15(20)21/h1-2,8,10H,3-7,9H2,(H,20,21). The number of carboxylic acids is 1. The predicted molar refractivity (Wildman–Crippen MR) is 86.2 cm³/mol. The van der Waals surface area contributed by atoms with Gasteiger partial charge in [0.25, 0.3) is 5.91 Å². The van der Waals surface area contributed by atoms with Gasteiger partial charge in [-0.15, -0.1) is 0 Å². The van der Waals surface area contributed by atoms with Crippen LogP contribution in [0.2, 0.25) is 5.02 Å². The summed E-state index contributed by atoms with van der Waals surface area (Å²) in [4.78, 5) is 24.5. The van der Waals surface area contributed by atoms with Crippen LogP contribution in [0, 0.1) is 5.92 Å². The van der Waals surface area contributed by atoms with Crippen LogP contribution in [0.25, 0.3) is 0 Å². The SMILES string of the molecule is O=C(O)CC1CCN(C(=O)COc2ccc(Br)cc2Cl)CC1. The normalized spacial score (nSPS) is 15.6. The molecule has 0 bridgehead atoms. The topological polar surface area (TPSA) is 66.8 Å². The zero-order valence-corrected chi connectivity index (χ0v) is 14.3. The van der Waals surface area contributed by atoms with Gasteiger partial charge in [0.1, 0.15) is 5.75 Å². The van der Waals surface area contributed by atoms with E-state index in [0.717, 1.165) is 17.3 Å². The van der Waals surface area contributed by atoms with E-state index in [9.17, 15) is 9.59 Å². The van der Waals surface area contributed by atoms with E-state index < -0.39 is 5.97 Å². The largest absolute Gasteiger partial charge is 0.482 e. The summed E-state index contributed by atoms with van der Waals surface area (Å²) in [6, 6.07) is 5.21. The fourth-order valence-electron chi connectivity index (χ4n) is 2.46. The molecule has 7 heteroatoms. The lowest BCUT2D eigenvalue weighted by Crippen LogP contribution is -2.41. The van der Waals surface area contributed by atoms with Crippen molar-refractivity contribution >= 4 is 39.4 Å². The summed E-state index contributed by atoms with van der Waals surface area (Å²) in [6.45, 7) is 1.09. The Morgan fingerprint density at radius 2 is 2.05 bits per heavy atom. The molecule has 0 radical (unpaired) electrons. The summed E-state index contributed by atoms with van der Waals surface area (Å²) >= 11 is 9.34. The first-order valence-electron chi connectivity index (χ1n) is 7.03. The Bertz CT molecular complexity index is 558. The number of rotatable bonds is 5. The van der Waals surface area contributed by atoms with E-state index in [1.54, 1.807) is 23.1 Å². The van der Waals surface area contributed by atoms with Crippen molar-refractivity contribution in [3.63, 3.8) is 0 Å². The van der Waals surface area contributed by atoms with Gasteiger partial charge in [0.05, 0.1) is 5.02 Å². The number of hydrogen-bond donors (Lipinski definition) is 1. The smallest absolute Gasteiger partial charge is 0.303 e. The minimum atomic E-state index is -0.780. The molecule has 0 aliphatic carbocycles. The number of halogens is 2. The third-order valence-corrected chi connectivity index (χ3v) is 4.46. The van der Waals surface area contributed by atoms with Gasteiger partial charge in [0, 0.05) is 24.0 Å². The molecular formula is C15H17BrClNO4. The minimum absolute atomic E-state index is 0.0645. The fraction of sp³-hybridized carbons (Fsp3) is 0.467. The van der Waals surface area contributed by atoms with Crippen LogP contribution in [0.15, 0.2) is 22.7 Å². The lowest BCUT2D eigenvalue weighted by Gasteiger charge is -2.31. The number of piperidine rings is 1. The van der Waals surface area contributed by atoms with E-state index in [1.165, 1.54) is 0 Å². The van der Waals surface area contributed by atoms with Gasteiger partial charge in [-0.25, -0.2) is 0 Å². The maximum Gasteiger partial charge on any atom is 0.303 e. The van der Waals surface area contributed by atoms with E-state index in [4.69, 9.17) is 21.4 Å². The van der Waals surface area contributed by atoms with Crippen LogP contribution in [0.4, 0.5) is 0 Å². The van der Waals surface area contributed by atoms with Gasteiger partial charge in [0.15, 0.2) is 6.61 Å². The van der Waals surface area contributed by atoms with Gasteiger partial charge in [-0.05, 0) is 37.0 Å². The summed E-state index contributed by atoms with van der Waals surface area (Å²) in [6.07, 6.45) is 1.61. The third kappa shape index (κ3) is 4.88. The van der Waals surface area contributed by atoms with Gasteiger partial charge in [0.2, 0.25) is 0 Å². The molecule has 22 heavy (non-hydrogen) atoms. The quantitative estimate of drug-likeness (QED) is 0.838. The van der Waals surface area contributed by atoms with Crippen LogP contribution in [-0.2, 0) is 9.59 Å². The van der Waals surface area contributed by atoms with Crippen LogP contribution >= 0.6 is 27.5 Å². The second-order valence-corrected chi connectivity index (χ2v) is 6.61. The highest BCUT2D eigenvalue weighted by Crippen LogP contribution is 2.28. The summed E-state index contributed by atoms with van der Waals surface area (Å²) in [5.74, 6) is -0.256. The van der Waals surface area contributed by atoms with Crippen molar-refractivity contribution in [2.75, 3.05) is 19.7 Å². The number of carbonyl (C=O) groups excluding carboxylic acids is 1. The lowest BCUT2D eigenvalue weighted by atomic mass is 9.94. The molecule has 1 aromatic rings. The highest BCUT2D eigenvalue weighted by atomic mass is 79.9. The summed E-state index contributed by atoms with van der Waals surface area (Å²) in [5.41, 5.74) is 0. The van der Waals surface area contributed by atoms with Crippen molar-refractivity contribution in [1.29, 1.82) is 0 Å².